The van der Waals surface area contributed by atoms with E-state index in [-0.39, 0.29) is 12.6 Å². The first-order valence-corrected chi connectivity index (χ1v) is 6.77. The Morgan fingerprint density at radius 2 is 2.05 bits per heavy atom. The molecule has 2 aromatic rings. The average Bonchev–Trinajstić information content (AvgIpc) is 2.97. The summed E-state index contributed by atoms with van der Waals surface area (Å²) in [7, 11) is 1.34. The molecule has 2 rings (SSSR count). The molecule has 4 nitrogen and oxygen atoms in total. The lowest BCUT2D eigenvalue weighted by atomic mass is 10.3. The third-order valence-electron chi connectivity index (χ3n) is 2.52. The Labute approximate surface area is 116 Å². The number of thiophene rings is 1. The molecule has 1 N–H and O–H groups in total. The van der Waals surface area contributed by atoms with E-state index in [9.17, 15) is 4.79 Å². The Kier molecular flexibility index (Phi) is 4.80. The van der Waals surface area contributed by atoms with Crippen molar-refractivity contribution in [3.8, 4) is 5.75 Å². The van der Waals surface area contributed by atoms with Crippen LogP contribution in [0.2, 0.25) is 0 Å². The number of rotatable bonds is 6. The van der Waals surface area contributed by atoms with Gasteiger partial charge in [0.1, 0.15) is 5.75 Å². The van der Waals surface area contributed by atoms with Gasteiger partial charge in [-0.25, -0.2) is 4.79 Å². The number of ether oxygens (including phenoxy) is 2. The van der Waals surface area contributed by atoms with Gasteiger partial charge in [0.2, 0.25) is 0 Å². The second-order valence-corrected chi connectivity index (χ2v) is 4.65. The van der Waals surface area contributed by atoms with Crippen LogP contribution in [0.4, 0.5) is 5.69 Å². The van der Waals surface area contributed by atoms with Gasteiger partial charge in [0.05, 0.1) is 7.11 Å². The number of anilines is 1. The highest BCUT2D eigenvalue weighted by molar-refractivity contribution is 7.07. The number of hydrogen-bond donors (Lipinski definition) is 1. The fraction of sp³-hybridized carbons (Fsp3) is 0.214. The molecule has 0 aliphatic rings. The van der Waals surface area contributed by atoms with E-state index in [1.54, 1.807) is 11.3 Å². The van der Waals surface area contributed by atoms with Crippen molar-refractivity contribution in [1.82, 2.24) is 0 Å². The Morgan fingerprint density at radius 1 is 1.26 bits per heavy atom. The number of nitrogens with one attached hydrogen (secondary N) is 1. The normalized spacial score (nSPS) is 9.95. The van der Waals surface area contributed by atoms with Crippen molar-refractivity contribution in [2.24, 2.45) is 0 Å². The molecule has 5 heteroatoms. The van der Waals surface area contributed by atoms with Crippen molar-refractivity contribution in [2.45, 2.75) is 6.54 Å². The van der Waals surface area contributed by atoms with Crippen molar-refractivity contribution in [2.75, 3.05) is 19.0 Å². The predicted molar refractivity (Wildman–Crippen MR) is 75.6 cm³/mol. The molecule has 0 atom stereocenters. The summed E-state index contributed by atoms with van der Waals surface area (Å²) in [5.41, 5.74) is 2.27. The van der Waals surface area contributed by atoms with Gasteiger partial charge in [-0.15, -0.1) is 0 Å². The van der Waals surface area contributed by atoms with Gasteiger partial charge in [0, 0.05) is 12.2 Å². The van der Waals surface area contributed by atoms with E-state index in [2.05, 4.69) is 26.9 Å². The Morgan fingerprint density at radius 3 is 2.68 bits per heavy atom. The maximum absolute atomic E-state index is 10.9. The number of esters is 1. The molecule has 0 radical (unpaired) electrons. The lowest BCUT2D eigenvalue weighted by Gasteiger charge is -2.07. The zero-order valence-corrected chi connectivity index (χ0v) is 11.4. The molecule has 1 heterocycles. The highest BCUT2D eigenvalue weighted by Crippen LogP contribution is 2.17. The minimum absolute atomic E-state index is 0.0713. The van der Waals surface area contributed by atoms with Crippen LogP contribution < -0.4 is 10.1 Å². The molecule has 19 heavy (non-hydrogen) atoms. The van der Waals surface area contributed by atoms with E-state index in [0.717, 1.165) is 12.2 Å². The summed E-state index contributed by atoms with van der Waals surface area (Å²) >= 11 is 1.68. The first-order valence-electron chi connectivity index (χ1n) is 5.82. The molecule has 0 fully saturated rings. The fourth-order valence-corrected chi connectivity index (χ4v) is 2.14. The maximum atomic E-state index is 10.9. The molecular weight excluding hydrogens is 262 g/mol. The lowest BCUT2D eigenvalue weighted by molar-refractivity contribution is -0.142. The molecule has 0 spiro atoms. The van der Waals surface area contributed by atoms with Crippen LogP contribution >= 0.6 is 11.3 Å². The van der Waals surface area contributed by atoms with E-state index in [1.165, 1.54) is 12.7 Å². The molecule has 0 unspecified atom stereocenters. The van der Waals surface area contributed by atoms with Gasteiger partial charge in [0.15, 0.2) is 6.61 Å². The molecule has 0 aliphatic carbocycles. The zero-order valence-electron chi connectivity index (χ0n) is 10.6. The van der Waals surface area contributed by atoms with E-state index < -0.39 is 0 Å². The van der Waals surface area contributed by atoms with Gasteiger partial charge in [0.25, 0.3) is 0 Å². The summed E-state index contributed by atoms with van der Waals surface area (Å²) in [5.74, 6) is 0.256. The molecule has 1 aromatic heterocycles. The van der Waals surface area contributed by atoms with Crippen molar-refractivity contribution in [3.05, 3.63) is 46.7 Å². The summed E-state index contributed by atoms with van der Waals surface area (Å²) in [6.07, 6.45) is 0. The van der Waals surface area contributed by atoms with Gasteiger partial charge in [-0.2, -0.15) is 11.3 Å². The van der Waals surface area contributed by atoms with Crippen LogP contribution in [0.15, 0.2) is 41.1 Å². The minimum atomic E-state index is -0.389. The highest BCUT2D eigenvalue weighted by atomic mass is 32.1. The van der Waals surface area contributed by atoms with Crippen molar-refractivity contribution in [3.63, 3.8) is 0 Å². The van der Waals surface area contributed by atoms with Crippen LogP contribution in [0.3, 0.4) is 0 Å². The first-order chi connectivity index (χ1) is 9.28. The van der Waals surface area contributed by atoms with Crippen LogP contribution in [0.25, 0.3) is 0 Å². The zero-order chi connectivity index (χ0) is 13.5. The highest BCUT2D eigenvalue weighted by Gasteiger charge is 2.01. The lowest BCUT2D eigenvalue weighted by Crippen LogP contribution is -2.12. The number of methoxy groups -OCH3 is 1. The van der Waals surface area contributed by atoms with E-state index in [1.807, 2.05) is 24.3 Å². The van der Waals surface area contributed by atoms with Crippen molar-refractivity contribution in [1.29, 1.82) is 0 Å². The third-order valence-corrected chi connectivity index (χ3v) is 3.25. The van der Waals surface area contributed by atoms with Gasteiger partial charge in [-0.1, -0.05) is 0 Å². The molecule has 0 bridgehead atoms. The molecule has 0 saturated carbocycles. The minimum Gasteiger partial charge on any atom is -0.482 e. The predicted octanol–water partition coefficient (Wildman–Crippen LogP) is 2.91. The summed E-state index contributed by atoms with van der Waals surface area (Å²) in [4.78, 5) is 10.9. The molecule has 0 amide bonds. The number of carbonyl (C=O) groups excluding carboxylic acids is 1. The van der Waals surface area contributed by atoms with Crippen LogP contribution in [0, 0.1) is 0 Å². The smallest absolute Gasteiger partial charge is 0.343 e. The van der Waals surface area contributed by atoms with Gasteiger partial charge >= 0.3 is 5.97 Å². The SMILES string of the molecule is COC(=O)COc1ccc(NCc2ccsc2)cc1. The number of hydrogen-bond acceptors (Lipinski definition) is 5. The van der Waals surface area contributed by atoms with Crippen LogP contribution in [0.5, 0.6) is 5.75 Å². The average molecular weight is 277 g/mol. The molecule has 0 aliphatic heterocycles. The van der Waals surface area contributed by atoms with Crippen LogP contribution in [0.1, 0.15) is 5.56 Å². The second-order valence-electron chi connectivity index (χ2n) is 3.87. The summed E-state index contributed by atoms with van der Waals surface area (Å²) in [6.45, 7) is 0.726. The van der Waals surface area contributed by atoms with Gasteiger partial charge < -0.3 is 14.8 Å². The quantitative estimate of drug-likeness (QED) is 0.825. The standard InChI is InChI=1S/C14H15NO3S/c1-17-14(16)9-18-13-4-2-12(3-5-13)15-8-11-6-7-19-10-11/h2-7,10,15H,8-9H2,1H3. The number of carbonyl (C=O) groups is 1. The van der Waals surface area contributed by atoms with E-state index in [0.29, 0.717) is 5.75 Å². The maximum Gasteiger partial charge on any atom is 0.343 e. The summed E-state index contributed by atoms with van der Waals surface area (Å²) in [5, 5.41) is 7.48. The van der Waals surface area contributed by atoms with Gasteiger partial charge in [-0.3, -0.25) is 0 Å². The largest absolute Gasteiger partial charge is 0.482 e. The van der Waals surface area contributed by atoms with E-state index >= 15 is 0 Å². The summed E-state index contributed by atoms with van der Waals surface area (Å²) < 4.78 is 9.76. The topological polar surface area (TPSA) is 47.6 Å². The Balaban J connectivity index is 1.82. The van der Waals surface area contributed by atoms with Gasteiger partial charge in [-0.05, 0) is 46.7 Å². The monoisotopic (exact) mass is 277 g/mol. The Hall–Kier alpha value is -2.01. The summed E-state index contributed by atoms with van der Waals surface area (Å²) in [6, 6.07) is 9.56. The molecular formula is C14H15NO3S. The van der Waals surface area contributed by atoms with Crippen molar-refractivity contribution < 1.29 is 14.3 Å². The molecule has 1 aromatic carbocycles. The molecule has 0 saturated heterocycles. The van der Waals surface area contributed by atoms with Crippen LogP contribution in [-0.4, -0.2) is 19.7 Å². The van der Waals surface area contributed by atoms with Crippen molar-refractivity contribution >= 4 is 23.0 Å². The third kappa shape index (κ3) is 4.30. The molecule has 100 valence electrons. The van der Waals surface area contributed by atoms with Crippen LogP contribution in [-0.2, 0) is 16.1 Å². The fourth-order valence-electron chi connectivity index (χ4n) is 1.47. The van der Waals surface area contributed by atoms with E-state index in [4.69, 9.17) is 4.74 Å². The second kappa shape index (κ2) is 6.80. The number of benzene rings is 1. The first kappa shape index (κ1) is 13.4. The Bertz CT molecular complexity index is 508.